The van der Waals surface area contributed by atoms with Crippen molar-refractivity contribution in [1.29, 1.82) is 0 Å². The SMILES string of the molecule is NCc1cn(S(=O)(=O)c2ccc(Cl)c(N(O)O)c2)c2cccc(F)c12. The Hall–Kier alpha value is -2.17. The Morgan fingerprint density at radius 1 is 1.24 bits per heavy atom. The molecular weight excluding hydrogens is 373 g/mol. The van der Waals surface area contributed by atoms with E-state index in [4.69, 9.17) is 27.7 Å². The molecule has 3 aromatic rings. The first-order valence-electron chi connectivity index (χ1n) is 6.99. The fourth-order valence-electron chi connectivity index (χ4n) is 2.56. The van der Waals surface area contributed by atoms with Crippen molar-refractivity contribution in [3.05, 3.63) is 59.0 Å². The number of anilines is 1. The monoisotopic (exact) mass is 385 g/mol. The molecule has 0 aliphatic carbocycles. The van der Waals surface area contributed by atoms with Gasteiger partial charge >= 0.3 is 0 Å². The van der Waals surface area contributed by atoms with Gasteiger partial charge in [-0.3, -0.25) is 10.4 Å². The van der Waals surface area contributed by atoms with E-state index in [1.165, 1.54) is 36.5 Å². The lowest BCUT2D eigenvalue weighted by Gasteiger charge is -2.13. The second kappa shape index (κ2) is 6.28. The lowest BCUT2D eigenvalue weighted by Crippen LogP contribution is -2.15. The Morgan fingerprint density at radius 3 is 2.60 bits per heavy atom. The quantitative estimate of drug-likeness (QED) is 0.596. The van der Waals surface area contributed by atoms with Crippen LogP contribution in [0.1, 0.15) is 5.56 Å². The molecule has 0 aliphatic heterocycles. The van der Waals surface area contributed by atoms with E-state index in [1.807, 2.05) is 0 Å². The zero-order chi connectivity index (χ0) is 18.4. The van der Waals surface area contributed by atoms with Gasteiger partial charge in [0.2, 0.25) is 0 Å². The Labute approximate surface area is 147 Å². The summed E-state index contributed by atoms with van der Waals surface area (Å²) in [6, 6.07) is 7.47. The summed E-state index contributed by atoms with van der Waals surface area (Å²) in [6.45, 7) is -0.0487. The summed E-state index contributed by atoms with van der Waals surface area (Å²) in [7, 11) is -4.16. The summed E-state index contributed by atoms with van der Waals surface area (Å²) in [4.78, 5) is -0.260. The molecular formula is C15H13ClFN3O4S. The molecule has 0 spiro atoms. The van der Waals surface area contributed by atoms with E-state index >= 15 is 0 Å². The predicted octanol–water partition coefficient (Wildman–Crippen LogP) is 2.71. The fourth-order valence-corrected chi connectivity index (χ4v) is 4.16. The van der Waals surface area contributed by atoms with Gasteiger partial charge in [-0.2, -0.15) is 0 Å². The van der Waals surface area contributed by atoms with E-state index in [-0.39, 0.29) is 38.3 Å². The third-order valence-electron chi connectivity index (χ3n) is 3.73. The molecule has 1 aromatic heterocycles. The average molecular weight is 386 g/mol. The lowest BCUT2D eigenvalue weighted by atomic mass is 10.2. The van der Waals surface area contributed by atoms with Gasteiger partial charge in [0.25, 0.3) is 10.0 Å². The van der Waals surface area contributed by atoms with E-state index in [0.717, 1.165) is 10.0 Å². The van der Waals surface area contributed by atoms with Crippen LogP contribution in [0.2, 0.25) is 5.02 Å². The summed E-state index contributed by atoms with van der Waals surface area (Å²) in [5.74, 6) is -0.583. The van der Waals surface area contributed by atoms with Gasteiger partial charge in [0.1, 0.15) is 11.5 Å². The number of halogens is 2. The second-order valence-electron chi connectivity index (χ2n) is 5.20. The van der Waals surface area contributed by atoms with Crippen molar-refractivity contribution >= 4 is 38.2 Å². The van der Waals surface area contributed by atoms with Crippen molar-refractivity contribution in [3.8, 4) is 0 Å². The van der Waals surface area contributed by atoms with Gasteiger partial charge in [0.05, 0.1) is 15.4 Å². The van der Waals surface area contributed by atoms with Crippen LogP contribution in [0.3, 0.4) is 0 Å². The van der Waals surface area contributed by atoms with Gasteiger partial charge in [-0.1, -0.05) is 17.7 Å². The van der Waals surface area contributed by atoms with E-state index in [9.17, 15) is 12.8 Å². The number of fused-ring (bicyclic) bond motifs is 1. The van der Waals surface area contributed by atoms with E-state index in [1.54, 1.807) is 0 Å². The molecule has 0 bridgehead atoms. The molecule has 7 nitrogen and oxygen atoms in total. The molecule has 0 unspecified atom stereocenters. The van der Waals surface area contributed by atoms with Crippen LogP contribution in [-0.4, -0.2) is 22.8 Å². The Balaban J connectivity index is 2.28. The molecule has 0 atom stereocenters. The standard InChI is InChI=1S/C15H13ClFN3O4S/c16-11-5-4-10(6-14(11)20(21)22)25(23,24)19-8-9(7-18)15-12(17)2-1-3-13(15)19/h1-6,8,21-22H,7,18H2. The van der Waals surface area contributed by atoms with Gasteiger partial charge in [-0.05, 0) is 35.9 Å². The van der Waals surface area contributed by atoms with Crippen molar-refractivity contribution < 1.29 is 23.2 Å². The first-order chi connectivity index (χ1) is 11.8. The number of rotatable bonds is 4. The van der Waals surface area contributed by atoms with Crippen LogP contribution in [0.25, 0.3) is 10.9 Å². The lowest BCUT2D eigenvalue weighted by molar-refractivity contribution is 0.0291. The maximum absolute atomic E-state index is 14.1. The third-order valence-corrected chi connectivity index (χ3v) is 5.72. The Kier molecular flexibility index (Phi) is 4.43. The van der Waals surface area contributed by atoms with Crippen molar-refractivity contribution in [1.82, 2.24) is 3.97 Å². The Bertz CT molecular complexity index is 1070. The number of nitrogens with zero attached hydrogens (tertiary/aromatic N) is 2. The summed E-state index contributed by atoms with van der Waals surface area (Å²) < 4.78 is 40.9. The minimum absolute atomic E-state index is 0.0487. The largest absolute Gasteiger partial charge is 0.326 e. The number of aromatic nitrogens is 1. The van der Waals surface area contributed by atoms with Crippen LogP contribution in [0.4, 0.5) is 10.1 Å². The molecule has 25 heavy (non-hydrogen) atoms. The van der Waals surface area contributed by atoms with E-state index < -0.39 is 15.8 Å². The highest BCUT2D eigenvalue weighted by Crippen LogP contribution is 2.31. The maximum Gasteiger partial charge on any atom is 0.268 e. The van der Waals surface area contributed by atoms with Gasteiger partial charge in [-0.25, -0.2) is 16.8 Å². The molecule has 0 saturated carbocycles. The van der Waals surface area contributed by atoms with Crippen LogP contribution in [0.5, 0.6) is 0 Å². The fraction of sp³-hybridized carbons (Fsp3) is 0.0667. The van der Waals surface area contributed by atoms with Crippen molar-refractivity contribution in [2.45, 2.75) is 11.4 Å². The normalized spacial score (nSPS) is 11.9. The van der Waals surface area contributed by atoms with Crippen LogP contribution in [-0.2, 0) is 16.6 Å². The molecule has 0 saturated heterocycles. The minimum atomic E-state index is -4.16. The van der Waals surface area contributed by atoms with Crippen LogP contribution < -0.4 is 11.0 Å². The van der Waals surface area contributed by atoms with Crippen molar-refractivity contribution in [2.24, 2.45) is 5.73 Å². The van der Waals surface area contributed by atoms with Crippen LogP contribution >= 0.6 is 11.6 Å². The van der Waals surface area contributed by atoms with Crippen molar-refractivity contribution in [3.63, 3.8) is 0 Å². The Morgan fingerprint density at radius 2 is 1.96 bits per heavy atom. The van der Waals surface area contributed by atoms with Gasteiger partial charge in [0, 0.05) is 18.1 Å². The first kappa shape index (κ1) is 17.6. The molecule has 132 valence electrons. The van der Waals surface area contributed by atoms with Crippen LogP contribution in [0, 0.1) is 5.82 Å². The molecule has 0 aliphatic rings. The third kappa shape index (κ3) is 2.86. The first-order valence-corrected chi connectivity index (χ1v) is 8.80. The molecule has 4 N–H and O–H groups in total. The molecule has 3 rings (SSSR count). The van der Waals surface area contributed by atoms with Crippen LogP contribution in [0.15, 0.2) is 47.5 Å². The second-order valence-corrected chi connectivity index (χ2v) is 7.42. The number of hydrogen-bond donors (Lipinski definition) is 3. The molecule has 2 aromatic carbocycles. The van der Waals surface area contributed by atoms with Gasteiger partial charge < -0.3 is 5.73 Å². The summed E-state index contributed by atoms with van der Waals surface area (Å²) in [5, 5.41) is 18.1. The topological polar surface area (TPSA) is 109 Å². The number of nitrogens with two attached hydrogens (primary N) is 1. The predicted molar refractivity (Wildman–Crippen MR) is 89.9 cm³/mol. The summed E-state index contributed by atoms with van der Waals surface area (Å²) in [6.07, 6.45) is 1.24. The van der Waals surface area contributed by atoms with E-state index in [2.05, 4.69) is 0 Å². The maximum atomic E-state index is 14.1. The number of hydrogen-bond acceptors (Lipinski definition) is 6. The highest BCUT2D eigenvalue weighted by atomic mass is 35.5. The number of benzene rings is 2. The molecule has 10 heteroatoms. The molecule has 0 fully saturated rings. The molecule has 0 radical (unpaired) electrons. The molecule has 0 amide bonds. The van der Waals surface area contributed by atoms with E-state index in [0.29, 0.717) is 5.56 Å². The minimum Gasteiger partial charge on any atom is -0.326 e. The van der Waals surface area contributed by atoms with Gasteiger partial charge in [0.15, 0.2) is 0 Å². The molecule has 1 heterocycles. The zero-order valence-corrected chi connectivity index (χ0v) is 14.2. The summed E-state index contributed by atoms with van der Waals surface area (Å²) >= 11 is 5.80. The summed E-state index contributed by atoms with van der Waals surface area (Å²) in [5.41, 5.74) is 5.74. The highest BCUT2D eigenvalue weighted by molar-refractivity contribution is 7.90. The average Bonchev–Trinajstić information content (AvgIpc) is 2.95. The highest BCUT2D eigenvalue weighted by Gasteiger charge is 2.24. The van der Waals surface area contributed by atoms with Crippen molar-refractivity contribution in [2.75, 3.05) is 5.23 Å². The zero-order valence-electron chi connectivity index (χ0n) is 12.6. The van der Waals surface area contributed by atoms with Gasteiger partial charge in [-0.15, -0.1) is 5.23 Å². The smallest absolute Gasteiger partial charge is 0.268 e.